The summed E-state index contributed by atoms with van der Waals surface area (Å²) >= 11 is -2.21. The van der Waals surface area contributed by atoms with Crippen LogP contribution in [0.1, 0.15) is 93.9 Å². The third-order valence-electron chi connectivity index (χ3n) is 6.91. The second kappa shape index (κ2) is 13.1. The molecule has 27 heavy (non-hydrogen) atoms. The predicted octanol–water partition coefficient (Wildman–Crippen LogP) is 8.98. The number of unbranched alkanes of at least 4 members (excludes halogenated alkanes) is 3. The van der Waals surface area contributed by atoms with Gasteiger partial charge in [-0.3, -0.25) is 0 Å². The second-order valence-corrected chi connectivity index (χ2v) is 29.1. The Hall–Kier alpha value is 0.716. The van der Waals surface area contributed by atoms with E-state index in [1.54, 1.807) is 13.3 Å². The van der Waals surface area contributed by atoms with Gasteiger partial charge in [0.2, 0.25) is 0 Å². The molecule has 0 amide bonds. The third-order valence-corrected chi connectivity index (χ3v) is 27.9. The predicted molar refractivity (Wildman–Crippen MR) is 131 cm³/mol. The molecule has 0 unspecified atom stereocenters. The van der Waals surface area contributed by atoms with Crippen LogP contribution >= 0.6 is 0 Å². The average Bonchev–Trinajstić information content (AvgIpc) is 2.58. The van der Waals surface area contributed by atoms with Crippen LogP contribution in [0.5, 0.6) is 0 Å². The van der Waals surface area contributed by atoms with Gasteiger partial charge in [-0.05, 0) is 0 Å². The summed E-state index contributed by atoms with van der Waals surface area (Å²) in [6.07, 6.45) is 11.1. The monoisotopic (exact) mass is 504 g/mol. The van der Waals surface area contributed by atoms with E-state index >= 15 is 0 Å². The Balaban J connectivity index is 5.31. The quantitative estimate of drug-likeness (QED) is 0.215. The molecule has 0 rings (SSSR count). The van der Waals surface area contributed by atoms with Gasteiger partial charge in [-0.15, -0.1) is 0 Å². The van der Waals surface area contributed by atoms with E-state index in [9.17, 15) is 0 Å². The van der Waals surface area contributed by atoms with Gasteiger partial charge in [0.15, 0.2) is 0 Å². The standard InChI is InChI=1S/C12H25OSi.3C4H9.Sn/c1-8-9-11(2)10-13-14(6,7)12(3,4)5;3*1-3-4-2;/h9,11H,10H2,1-7H3;3*1,3-4H2,2H3;/t11-;;;;/m1..../s1. The van der Waals surface area contributed by atoms with Crippen LogP contribution in [0.2, 0.25) is 31.4 Å². The Morgan fingerprint density at radius 1 is 0.926 bits per heavy atom. The van der Waals surface area contributed by atoms with Gasteiger partial charge in [-0.2, -0.15) is 0 Å². The molecule has 0 bridgehead atoms. The van der Waals surface area contributed by atoms with Crippen molar-refractivity contribution < 1.29 is 4.43 Å². The van der Waals surface area contributed by atoms with Crippen LogP contribution in [0.3, 0.4) is 0 Å². The van der Waals surface area contributed by atoms with Crippen molar-refractivity contribution in [3.8, 4) is 0 Å². The molecule has 0 N–H and O–H groups in total. The fourth-order valence-electron chi connectivity index (χ4n) is 3.72. The Morgan fingerprint density at radius 2 is 1.33 bits per heavy atom. The van der Waals surface area contributed by atoms with Crippen molar-refractivity contribution in [1.29, 1.82) is 0 Å². The van der Waals surface area contributed by atoms with E-state index in [1.165, 1.54) is 38.5 Å². The third kappa shape index (κ3) is 9.84. The van der Waals surface area contributed by atoms with Crippen LogP contribution in [0, 0.1) is 5.92 Å². The molecule has 0 aliphatic rings. The number of hydrogen-bond donors (Lipinski definition) is 0. The number of rotatable bonds is 14. The van der Waals surface area contributed by atoms with E-state index in [4.69, 9.17) is 4.43 Å². The van der Waals surface area contributed by atoms with Crippen molar-refractivity contribution in [2.24, 2.45) is 5.92 Å². The normalized spacial score (nSPS) is 15.3. The Kier molecular flexibility index (Phi) is 13.5. The molecule has 0 saturated carbocycles. The van der Waals surface area contributed by atoms with Gasteiger partial charge in [0.1, 0.15) is 0 Å². The van der Waals surface area contributed by atoms with Crippen molar-refractivity contribution in [3.05, 3.63) is 9.67 Å². The fraction of sp³-hybridized carbons (Fsp3) is 0.917. The molecule has 0 heterocycles. The van der Waals surface area contributed by atoms with E-state index < -0.39 is 26.7 Å². The SMILES string of the molecule is CCC[CH2][Sn]([CH2]CCC)([CH2]CCC)/[C](C)=C/[C@@H](C)CO[Si](C)(C)C(C)(C)C. The van der Waals surface area contributed by atoms with Crippen LogP contribution in [-0.2, 0) is 4.43 Å². The van der Waals surface area contributed by atoms with Crippen LogP contribution in [-0.4, -0.2) is 33.3 Å². The first kappa shape index (κ1) is 27.7. The second-order valence-electron chi connectivity index (χ2n) is 10.5. The van der Waals surface area contributed by atoms with Crippen molar-refractivity contribution in [1.82, 2.24) is 0 Å². The van der Waals surface area contributed by atoms with Gasteiger partial charge in [0.25, 0.3) is 0 Å². The van der Waals surface area contributed by atoms with E-state index in [1.807, 2.05) is 3.59 Å². The minimum atomic E-state index is -2.21. The maximum atomic E-state index is 6.53. The zero-order chi connectivity index (χ0) is 21.1. The molecule has 0 saturated heterocycles. The van der Waals surface area contributed by atoms with Crippen LogP contribution in [0.4, 0.5) is 0 Å². The van der Waals surface area contributed by atoms with Crippen LogP contribution in [0.15, 0.2) is 9.67 Å². The molecule has 0 aromatic heterocycles. The molecule has 0 spiro atoms. The van der Waals surface area contributed by atoms with E-state index in [-0.39, 0.29) is 0 Å². The number of allylic oxidation sites excluding steroid dienone is 1. The Morgan fingerprint density at radius 3 is 1.67 bits per heavy atom. The first-order valence-electron chi connectivity index (χ1n) is 11.8. The van der Waals surface area contributed by atoms with Crippen molar-refractivity contribution in [2.75, 3.05) is 6.61 Å². The topological polar surface area (TPSA) is 9.23 Å². The van der Waals surface area contributed by atoms with E-state index in [2.05, 4.69) is 74.6 Å². The average molecular weight is 503 g/mol. The molecule has 0 aromatic rings. The minimum absolute atomic E-state index is 0.303. The Labute approximate surface area is 178 Å². The summed E-state index contributed by atoms with van der Waals surface area (Å²) in [6.45, 7) is 24.7. The summed E-state index contributed by atoms with van der Waals surface area (Å²) in [5.41, 5.74) is 0. The first-order chi connectivity index (χ1) is 12.5. The van der Waals surface area contributed by atoms with Crippen LogP contribution < -0.4 is 0 Å². The zero-order valence-electron chi connectivity index (χ0n) is 20.6. The molecule has 0 aliphatic carbocycles. The molecular weight excluding hydrogens is 451 g/mol. The molecule has 1 nitrogen and oxygen atoms in total. The summed E-state index contributed by atoms with van der Waals surface area (Å²) in [7, 11) is -1.64. The van der Waals surface area contributed by atoms with Gasteiger partial charge < -0.3 is 0 Å². The molecule has 3 heteroatoms. The maximum absolute atomic E-state index is 6.53. The molecule has 1 atom stereocenters. The van der Waals surface area contributed by atoms with Gasteiger partial charge in [0.05, 0.1) is 0 Å². The van der Waals surface area contributed by atoms with Gasteiger partial charge in [-0.25, -0.2) is 0 Å². The van der Waals surface area contributed by atoms with E-state index in [0.29, 0.717) is 11.0 Å². The van der Waals surface area contributed by atoms with Crippen LogP contribution in [0.25, 0.3) is 0 Å². The molecule has 0 aliphatic heterocycles. The summed E-state index contributed by atoms with van der Waals surface area (Å²) in [5, 5.41) is 0.303. The van der Waals surface area contributed by atoms with E-state index in [0.717, 1.165) is 6.61 Å². The summed E-state index contributed by atoms with van der Waals surface area (Å²) < 4.78 is 13.1. The number of hydrogen-bond acceptors (Lipinski definition) is 1. The first-order valence-corrected chi connectivity index (χ1v) is 22.2. The fourth-order valence-corrected chi connectivity index (χ4v) is 21.0. The Bertz CT molecular complexity index is 401. The summed E-state index contributed by atoms with van der Waals surface area (Å²) in [4.78, 5) is 0. The molecule has 0 radical (unpaired) electrons. The van der Waals surface area contributed by atoms with Crippen molar-refractivity contribution in [3.63, 3.8) is 0 Å². The van der Waals surface area contributed by atoms with Crippen molar-refractivity contribution in [2.45, 2.75) is 125 Å². The van der Waals surface area contributed by atoms with Gasteiger partial charge in [0, 0.05) is 0 Å². The van der Waals surface area contributed by atoms with Gasteiger partial charge >= 0.3 is 179 Å². The molecular formula is C24H52OSiSn. The summed E-state index contributed by atoms with van der Waals surface area (Å²) in [6, 6.07) is 0. The van der Waals surface area contributed by atoms with Crippen molar-refractivity contribution >= 4 is 26.7 Å². The zero-order valence-corrected chi connectivity index (χ0v) is 24.5. The molecule has 0 fully saturated rings. The summed E-state index contributed by atoms with van der Waals surface area (Å²) in [5.74, 6) is 0.556. The van der Waals surface area contributed by atoms with Gasteiger partial charge in [-0.1, -0.05) is 0 Å². The molecule has 162 valence electrons. The molecule has 0 aromatic carbocycles.